The number of furan rings is 1. The molecule has 11 rings (SSSR count). The predicted molar refractivity (Wildman–Crippen MR) is 240 cm³/mol. The smallest absolute Gasteiger partial charge is 0.143 e. The highest BCUT2D eigenvalue weighted by atomic mass is 16.3. The van der Waals surface area contributed by atoms with Crippen LogP contribution in [0.3, 0.4) is 0 Å². The molecule has 0 fully saturated rings. The van der Waals surface area contributed by atoms with E-state index in [1.807, 2.05) is 0 Å². The van der Waals surface area contributed by atoms with Crippen LogP contribution in [0.1, 0.15) is 25.0 Å². The molecule has 1 aromatic heterocycles. The van der Waals surface area contributed by atoms with Gasteiger partial charge in [0.25, 0.3) is 0 Å². The fourth-order valence-corrected chi connectivity index (χ4v) is 9.31. The number of hydrogen-bond acceptors (Lipinski definition) is 2. The van der Waals surface area contributed by atoms with Crippen molar-refractivity contribution >= 4 is 49.8 Å². The summed E-state index contributed by atoms with van der Waals surface area (Å²) in [5.41, 5.74) is 17.3. The molecule has 0 saturated carbocycles. The Morgan fingerprint density at radius 2 is 0.982 bits per heavy atom. The zero-order chi connectivity index (χ0) is 38.1. The lowest BCUT2D eigenvalue weighted by molar-refractivity contribution is 0.660. The molecule has 1 aliphatic carbocycles. The second-order valence-corrected chi connectivity index (χ2v) is 15.7. The number of benzene rings is 9. The fraction of sp³-hybridized carbons (Fsp3) is 0.0545. The van der Waals surface area contributed by atoms with E-state index in [9.17, 15) is 0 Å². The number of rotatable bonds is 6. The van der Waals surface area contributed by atoms with E-state index in [4.69, 9.17) is 4.42 Å². The first-order valence-corrected chi connectivity index (χ1v) is 19.8. The van der Waals surface area contributed by atoms with Gasteiger partial charge in [-0.25, -0.2) is 0 Å². The van der Waals surface area contributed by atoms with Gasteiger partial charge in [0.05, 0.1) is 5.69 Å². The van der Waals surface area contributed by atoms with Gasteiger partial charge in [-0.3, -0.25) is 0 Å². The SMILES string of the molecule is CC1(C)c2ccccc2-c2ccc(N(c3ccc(-c4ccccc4)cc3)c3ccc4oc5c6ccccc6c(-c6ccccc6)cc5c4c3-c3ccccc3)cc21. The Kier molecular flexibility index (Phi) is 7.55. The molecular formula is C55H39NO. The van der Waals surface area contributed by atoms with E-state index in [1.54, 1.807) is 0 Å². The molecule has 0 aliphatic heterocycles. The third-order valence-corrected chi connectivity index (χ3v) is 12.1. The van der Waals surface area contributed by atoms with Gasteiger partial charge in [0.1, 0.15) is 11.2 Å². The van der Waals surface area contributed by atoms with E-state index in [0.717, 1.165) is 55.5 Å². The first-order valence-electron chi connectivity index (χ1n) is 19.8. The minimum atomic E-state index is -0.146. The quantitative estimate of drug-likeness (QED) is 0.169. The van der Waals surface area contributed by atoms with Crippen molar-refractivity contribution in [2.24, 2.45) is 0 Å². The summed E-state index contributed by atoms with van der Waals surface area (Å²) in [5, 5.41) is 4.50. The van der Waals surface area contributed by atoms with Crippen LogP contribution in [0.2, 0.25) is 0 Å². The molecule has 0 bridgehead atoms. The summed E-state index contributed by atoms with van der Waals surface area (Å²) in [4.78, 5) is 2.45. The van der Waals surface area contributed by atoms with Crippen molar-refractivity contribution in [3.63, 3.8) is 0 Å². The highest BCUT2D eigenvalue weighted by Crippen LogP contribution is 2.53. The van der Waals surface area contributed by atoms with Crippen molar-refractivity contribution in [3.05, 3.63) is 211 Å². The average Bonchev–Trinajstić information content (AvgIpc) is 3.76. The molecule has 1 heterocycles. The number of fused-ring (bicyclic) bond motifs is 8. The summed E-state index contributed by atoms with van der Waals surface area (Å²) < 4.78 is 6.93. The topological polar surface area (TPSA) is 16.4 Å². The molecule has 0 N–H and O–H groups in total. The number of anilines is 3. The van der Waals surface area contributed by atoms with E-state index in [-0.39, 0.29) is 5.41 Å². The van der Waals surface area contributed by atoms with Crippen LogP contribution in [0, 0.1) is 0 Å². The molecule has 0 amide bonds. The van der Waals surface area contributed by atoms with E-state index < -0.39 is 0 Å². The maximum absolute atomic E-state index is 6.93. The molecular weight excluding hydrogens is 691 g/mol. The van der Waals surface area contributed by atoms with Crippen molar-refractivity contribution in [2.75, 3.05) is 4.90 Å². The Morgan fingerprint density at radius 3 is 1.72 bits per heavy atom. The highest BCUT2D eigenvalue weighted by molar-refractivity contribution is 6.24. The second-order valence-electron chi connectivity index (χ2n) is 15.7. The Morgan fingerprint density at radius 1 is 0.404 bits per heavy atom. The number of nitrogens with zero attached hydrogens (tertiary/aromatic N) is 1. The van der Waals surface area contributed by atoms with Crippen LogP contribution >= 0.6 is 0 Å². The van der Waals surface area contributed by atoms with Gasteiger partial charge in [-0.2, -0.15) is 0 Å². The second kappa shape index (κ2) is 13.0. The van der Waals surface area contributed by atoms with Gasteiger partial charge in [0.15, 0.2) is 0 Å². The average molecular weight is 730 g/mol. The summed E-state index contributed by atoms with van der Waals surface area (Å²) in [6, 6.07) is 72.5. The van der Waals surface area contributed by atoms with Crippen molar-refractivity contribution < 1.29 is 4.42 Å². The highest BCUT2D eigenvalue weighted by Gasteiger charge is 2.36. The fourth-order valence-electron chi connectivity index (χ4n) is 9.31. The Balaban J connectivity index is 1.21. The van der Waals surface area contributed by atoms with Gasteiger partial charge in [0.2, 0.25) is 0 Å². The van der Waals surface area contributed by atoms with Crippen LogP contribution in [-0.4, -0.2) is 0 Å². The van der Waals surface area contributed by atoms with Crippen molar-refractivity contribution in [1.82, 2.24) is 0 Å². The summed E-state index contributed by atoms with van der Waals surface area (Å²) in [5.74, 6) is 0. The van der Waals surface area contributed by atoms with Gasteiger partial charge in [-0.1, -0.05) is 172 Å². The normalized spacial score (nSPS) is 12.9. The zero-order valence-corrected chi connectivity index (χ0v) is 31.9. The van der Waals surface area contributed by atoms with E-state index >= 15 is 0 Å². The monoisotopic (exact) mass is 729 g/mol. The van der Waals surface area contributed by atoms with Crippen LogP contribution < -0.4 is 4.90 Å². The largest absolute Gasteiger partial charge is 0.455 e. The molecule has 10 aromatic rings. The minimum absolute atomic E-state index is 0.146. The van der Waals surface area contributed by atoms with E-state index in [1.165, 1.54) is 49.9 Å². The molecule has 0 unspecified atom stereocenters. The van der Waals surface area contributed by atoms with E-state index in [0.29, 0.717) is 0 Å². The molecule has 0 saturated heterocycles. The lowest BCUT2D eigenvalue weighted by Crippen LogP contribution is -2.17. The Labute approximate surface area is 332 Å². The molecule has 1 aliphatic rings. The third-order valence-electron chi connectivity index (χ3n) is 12.1. The van der Waals surface area contributed by atoms with Crippen molar-refractivity contribution in [1.29, 1.82) is 0 Å². The summed E-state index contributed by atoms with van der Waals surface area (Å²) in [7, 11) is 0. The molecule has 0 atom stereocenters. The summed E-state index contributed by atoms with van der Waals surface area (Å²) >= 11 is 0. The first kappa shape index (κ1) is 33.2. The summed E-state index contributed by atoms with van der Waals surface area (Å²) in [6.45, 7) is 4.71. The standard InChI is InChI=1S/C55H39NO/c1-55(2)48-25-15-14-23-43(48)44-31-30-41(34-49(44)55)56(40-28-26-37(27-29-40)36-16-6-3-7-17-36)50-32-33-51-53(52(50)39-20-10-5-11-21-39)47-35-46(38-18-8-4-9-19-38)42-22-12-13-24-45(42)54(47)57-51/h3-35H,1-2H3. The molecule has 0 radical (unpaired) electrons. The van der Waals surface area contributed by atoms with Crippen LogP contribution in [-0.2, 0) is 5.41 Å². The minimum Gasteiger partial charge on any atom is -0.455 e. The Bertz CT molecular complexity index is 3120. The molecule has 270 valence electrons. The predicted octanol–water partition coefficient (Wildman–Crippen LogP) is 15.5. The lowest BCUT2D eigenvalue weighted by Gasteiger charge is -2.30. The third kappa shape index (κ3) is 5.25. The molecule has 0 spiro atoms. The Hall–Kier alpha value is -7.16. The van der Waals surface area contributed by atoms with Gasteiger partial charge in [0, 0.05) is 38.5 Å². The molecule has 57 heavy (non-hydrogen) atoms. The number of hydrogen-bond donors (Lipinski definition) is 0. The zero-order valence-electron chi connectivity index (χ0n) is 31.9. The van der Waals surface area contributed by atoms with Crippen LogP contribution in [0.25, 0.3) is 77.2 Å². The summed E-state index contributed by atoms with van der Waals surface area (Å²) in [6.07, 6.45) is 0. The maximum Gasteiger partial charge on any atom is 0.143 e. The van der Waals surface area contributed by atoms with Gasteiger partial charge in [-0.05, 0) is 97.9 Å². The van der Waals surface area contributed by atoms with Crippen molar-refractivity contribution in [3.8, 4) is 44.5 Å². The van der Waals surface area contributed by atoms with E-state index in [2.05, 4.69) is 219 Å². The molecule has 2 nitrogen and oxygen atoms in total. The van der Waals surface area contributed by atoms with Gasteiger partial charge >= 0.3 is 0 Å². The molecule has 9 aromatic carbocycles. The van der Waals surface area contributed by atoms with Gasteiger partial charge in [-0.15, -0.1) is 0 Å². The van der Waals surface area contributed by atoms with Crippen LogP contribution in [0.5, 0.6) is 0 Å². The maximum atomic E-state index is 6.93. The van der Waals surface area contributed by atoms with Crippen LogP contribution in [0.15, 0.2) is 205 Å². The van der Waals surface area contributed by atoms with Crippen molar-refractivity contribution in [2.45, 2.75) is 19.3 Å². The molecule has 2 heteroatoms. The first-order chi connectivity index (χ1) is 28.0. The van der Waals surface area contributed by atoms with Gasteiger partial charge < -0.3 is 9.32 Å². The lowest BCUT2D eigenvalue weighted by atomic mass is 9.82. The van der Waals surface area contributed by atoms with Crippen LogP contribution in [0.4, 0.5) is 17.1 Å².